The summed E-state index contributed by atoms with van der Waals surface area (Å²) in [5, 5.41) is 13.3. The summed E-state index contributed by atoms with van der Waals surface area (Å²) in [6.07, 6.45) is 5.14. The zero-order valence-electron chi connectivity index (χ0n) is 16.4. The molecule has 0 N–H and O–H groups in total. The van der Waals surface area contributed by atoms with Crippen molar-refractivity contribution in [1.29, 1.82) is 5.26 Å². The minimum absolute atomic E-state index is 0.180. The van der Waals surface area contributed by atoms with Gasteiger partial charge in [-0.3, -0.25) is 9.36 Å². The van der Waals surface area contributed by atoms with Crippen LogP contribution < -0.4 is 10.5 Å². The zero-order valence-corrected chi connectivity index (χ0v) is 16.4. The van der Waals surface area contributed by atoms with E-state index in [1.165, 1.54) is 11.1 Å². The number of aromatic nitrogens is 4. The van der Waals surface area contributed by atoms with Gasteiger partial charge in [0.25, 0.3) is 5.56 Å². The number of hydrogen-bond donors (Lipinski definition) is 0. The molecular weight excluding hydrogens is 364 g/mol. The standard InChI is InChI=1S/C22H22N6O/c1-2-3-13-27-20-19(25-22(27)26-11-5-4-6-12-26)15-24-28(21(20)29)16-18-9-7-17(14-23)8-10-18/h7-10,15H,4-6,11-13,16H2,1H3. The second-order valence-corrected chi connectivity index (χ2v) is 7.12. The highest BCUT2D eigenvalue weighted by Gasteiger charge is 2.21. The normalized spacial score (nSPS) is 13.7. The van der Waals surface area contributed by atoms with Crippen LogP contribution in [0.1, 0.15) is 37.3 Å². The second kappa shape index (κ2) is 8.20. The minimum atomic E-state index is -0.180. The summed E-state index contributed by atoms with van der Waals surface area (Å²) in [6.45, 7) is 4.44. The molecule has 0 aliphatic carbocycles. The van der Waals surface area contributed by atoms with Crippen molar-refractivity contribution in [2.75, 3.05) is 18.0 Å². The number of hydrogen-bond acceptors (Lipinski definition) is 5. The van der Waals surface area contributed by atoms with Gasteiger partial charge < -0.3 is 4.90 Å². The predicted octanol–water partition coefficient (Wildman–Crippen LogP) is 2.53. The first-order valence-electron chi connectivity index (χ1n) is 9.81. The first-order chi connectivity index (χ1) is 14.2. The Kier molecular flexibility index (Phi) is 5.31. The molecule has 0 saturated carbocycles. The molecule has 0 unspecified atom stereocenters. The fourth-order valence-corrected chi connectivity index (χ4v) is 3.69. The van der Waals surface area contributed by atoms with Gasteiger partial charge >= 0.3 is 0 Å². The Morgan fingerprint density at radius 1 is 1.14 bits per heavy atom. The number of nitriles is 1. The van der Waals surface area contributed by atoms with Gasteiger partial charge in [0.1, 0.15) is 11.0 Å². The summed E-state index contributed by atoms with van der Waals surface area (Å²) < 4.78 is 3.37. The van der Waals surface area contributed by atoms with E-state index in [1.807, 2.05) is 16.7 Å². The van der Waals surface area contributed by atoms with Crippen LogP contribution in [0.25, 0.3) is 11.0 Å². The molecule has 0 radical (unpaired) electrons. The molecule has 1 aliphatic heterocycles. The van der Waals surface area contributed by atoms with Crippen LogP contribution in [0, 0.1) is 23.2 Å². The summed E-state index contributed by atoms with van der Waals surface area (Å²) in [5.41, 5.74) is 2.46. The molecule has 0 bridgehead atoms. The van der Waals surface area contributed by atoms with Gasteiger partial charge in [-0.15, -0.1) is 5.92 Å². The van der Waals surface area contributed by atoms with Crippen molar-refractivity contribution < 1.29 is 0 Å². The lowest BCUT2D eigenvalue weighted by Gasteiger charge is -2.27. The Balaban J connectivity index is 1.77. The SMILES string of the molecule is CC#CCn1c(N2CCCCC2)nc2cnn(Cc3ccc(C#N)cc3)c(=O)c21. The zero-order chi connectivity index (χ0) is 20.2. The van der Waals surface area contributed by atoms with E-state index in [-0.39, 0.29) is 5.56 Å². The van der Waals surface area contributed by atoms with E-state index in [0.717, 1.165) is 37.4 Å². The largest absolute Gasteiger partial charge is 0.342 e. The topological polar surface area (TPSA) is 79.7 Å². The quantitative estimate of drug-likeness (QED) is 0.644. The van der Waals surface area contributed by atoms with E-state index < -0.39 is 0 Å². The molecule has 2 aromatic heterocycles. The van der Waals surface area contributed by atoms with Gasteiger partial charge in [-0.2, -0.15) is 10.4 Å². The number of anilines is 1. The van der Waals surface area contributed by atoms with Crippen LogP contribution in [0.5, 0.6) is 0 Å². The van der Waals surface area contributed by atoms with Gasteiger partial charge in [0.15, 0.2) is 0 Å². The lowest BCUT2D eigenvalue weighted by atomic mass is 10.1. The van der Waals surface area contributed by atoms with Crippen molar-refractivity contribution in [3.05, 3.63) is 51.9 Å². The lowest BCUT2D eigenvalue weighted by Crippen LogP contribution is -2.32. The number of imidazole rings is 1. The molecule has 7 nitrogen and oxygen atoms in total. The fourth-order valence-electron chi connectivity index (χ4n) is 3.69. The maximum atomic E-state index is 13.3. The van der Waals surface area contributed by atoms with E-state index in [4.69, 9.17) is 10.2 Å². The van der Waals surface area contributed by atoms with E-state index in [9.17, 15) is 4.79 Å². The number of nitrogens with zero attached hydrogens (tertiary/aromatic N) is 6. The molecule has 146 valence electrons. The molecule has 0 amide bonds. The van der Waals surface area contributed by atoms with Crippen LogP contribution in [0.2, 0.25) is 0 Å². The molecule has 1 saturated heterocycles. The maximum Gasteiger partial charge on any atom is 0.293 e. The van der Waals surface area contributed by atoms with Crippen molar-refractivity contribution in [2.24, 2.45) is 0 Å². The molecule has 3 heterocycles. The minimum Gasteiger partial charge on any atom is -0.342 e. The van der Waals surface area contributed by atoms with Gasteiger partial charge in [-0.1, -0.05) is 18.1 Å². The van der Waals surface area contributed by atoms with Crippen molar-refractivity contribution in [3.63, 3.8) is 0 Å². The smallest absolute Gasteiger partial charge is 0.293 e. The van der Waals surface area contributed by atoms with E-state index in [2.05, 4.69) is 27.9 Å². The monoisotopic (exact) mass is 386 g/mol. The highest BCUT2D eigenvalue weighted by molar-refractivity contribution is 5.77. The highest BCUT2D eigenvalue weighted by atomic mass is 16.1. The molecule has 1 aromatic carbocycles. The molecule has 7 heteroatoms. The number of rotatable bonds is 4. The van der Waals surface area contributed by atoms with Gasteiger partial charge in [-0.05, 0) is 43.9 Å². The molecule has 0 spiro atoms. The average molecular weight is 386 g/mol. The molecule has 29 heavy (non-hydrogen) atoms. The van der Waals surface area contributed by atoms with Crippen LogP contribution >= 0.6 is 0 Å². The predicted molar refractivity (Wildman–Crippen MR) is 112 cm³/mol. The Labute approximate surface area is 169 Å². The van der Waals surface area contributed by atoms with E-state index in [1.54, 1.807) is 25.3 Å². The van der Waals surface area contributed by atoms with Crippen molar-refractivity contribution >= 4 is 17.0 Å². The lowest BCUT2D eigenvalue weighted by molar-refractivity contribution is 0.561. The van der Waals surface area contributed by atoms with Gasteiger partial charge in [0, 0.05) is 13.1 Å². The molecule has 4 rings (SSSR count). The number of benzene rings is 1. The summed E-state index contributed by atoms with van der Waals surface area (Å²) in [6, 6.07) is 9.28. The average Bonchev–Trinajstić information content (AvgIpc) is 3.14. The Morgan fingerprint density at radius 3 is 2.59 bits per heavy atom. The van der Waals surface area contributed by atoms with E-state index >= 15 is 0 Å². The van der Waals surface area contributed by atoms with Gasteiger partial charge in [0.2, 0.25) is 5.95 Å². The van der Waals surface area contributed by atoms with Crippen molar-refractivity contribution in [2.45, 2.75) is 39.3 Å². The molecule has 1 aliphatic rings. The summed E-state index contributed by atoms with van der Waals surface area (Å²) >= 11 is 0. The summed E-state index contributed by atoms with van der Waals surface area (Å²) in [7, 11) is 0. The van der Waals surface area contributed by atoms with Crippen LogP contribution in [0.3, 0.4) is 0 Å². The molecule has 1 fully saturated rings. The first-order valence-corrected chi connectivity index (χ1v) is 9.81. The van der Waals surface area contributed by atoms with Crippen LogP contribution in [0.4, 0.5) is 5.95 Å². The molecular formula is C22H22N6O. The molecule has 0 atom stereocenters. The van der Waals surface area contributed by atoms with Gasteiger partial charge in [-0.25, -0.2) is 9.67 Å². The van der Waals surface area contributed by atoms with Gasteiger partial charge in [0.05, 0.1) is 30.9 Å². The maximum absolute atomic E-state index is 13.3. The van der Waals surface area contributed by atoms with E-state index in [0.29, 0.717) is 29.7 Å². The molecule has 3 aromatic rings. The summed E-state index contributed by atoms with van der Waals surface area (Å²) in [4.78, 5) is 20.2. The van der Waals surface area contributed by atoms with Crippen LogP contribution in [0.15, 0.2) is 35.3 Å². The van der Waals surface area contributed by atoms with Crippen molar-refractivity contribution in [3.8, 4) is 17.9 Å². The van der Waals surface area contributed by atoms with Crippen LogP contribution in [-0.2, 0) is 13.1 Å². The number of piperidine rings is 1. The Hall–Kier alpha value is -3.58. The highest BCUT2D eigenvalue weighted by Crippen LogP contribution is 2.23. The fraction of sp³-hybridized carbons (Fsp3) is 0.364. The van der Waals surface area contributed by atoms with Crippen LogP contribution in [-0.4, -0.2) is 32.4 Å². The Bertz CT molecular complexity index is 1180. The summed E-state index contributed by atoms with van der Waals surface area (Å²) in [5.74, 6) is 6.80. The first kappa shape index (κ1) is 18.8. The third kappa shape index (κ3) is 3.72. The third-order valence-corrected chi connectivity index (χ3v) is 5.20. The van der Waals surface area contributed by atoms with Crippen molar-refractivity contribution in [1.82, 2.24) is 19.3 Å². The third-order valence-electron chi connectivity index (χ3n) is 5.20. The number of fused-ring (bicyclic) bond motifs is 1. The Morgan fingerprint density at radius 2 is 1.90 bits per heavy atom. The second-order valence-electron chi connectivity index (χ2n) is 7.12.